The van der Waals surface area contributed by atoms with E-state index in [1.165, 1.54) is 12.1 Å². The van der Waals surface area contributed by atoms with Crippen molar-refractivity contribution in [2.75, 3.05) is 17.5 Å². The number of carbonyl (C=O) groups is 1. The summed E-state index contributed by atoms with van der Waals surface area (Å²) in [6.45, 7) is 1.67. The fourth-order valence-electron chi connectivity index (χ4n) is 2.15. The van der Waals surface area contributed by atoms with Crippen LogP contribution in [0, 0.1) is 0 Å². The molecule has 7 nitrogen and oxygen atoms in total. The first-order valence-electron chi connectivity index (χ1n) is 7.39. The van der Waals surface area contributed by atoms with Crippen LogP contribution in [0.3, 0.4) is 0 Å². The normalized spacial score (nSPS) is 11.0. The molecular formula is C16H18BrN3O4S. The number of anilines is 1. The molecule has 0 atom stereocenters. The second kappa shape index (κ2) is 8.32. The predicted molar refractivity (Wildman–Crippen MR) is 98.6 cm³/mol. The van der Waals surface area contributed by atoms with E-state index in [0.717, 1.165) is 8.78 Å². The summed E-state index contributed by atoms with van der Waals surface area (Å²) >= 11 is 3.27. The minimum Gasteiger partial charge on any atom is -0.492 e. The summed E-state index contributed by atoms with van der Waals surface area (Å²) < 4.78 is 33.4. The summed E-state index contributed by atoms with van der Waals surface area (Å²) in [5, 5.41) is 0. The molecule has 0 aromatic heterocycles. The number of halogens is 1. The van der Waals surface area contributed by atoms with Crippen molar-refractivity contribution in [2.24, 2.45) is 5.84 Å². The van der Waals surface area contributed by atoms with Crippen molar-refractivity contribution >= 4 is 37.5 Å². The van der Waals surface area contributed by atoms with E-state index in [1.54, 1.807) is 43.3 Å². The lowest BCUT2D eigenvalue weighted by atomic mass is 10.3. The van der Waals surface area contributed by atoms with Crippen molar-refractivity contribution in [1.82, 2.24) is 5.43 Å². The molecule has 134 valence electrons. The molecule has 3 N–H and O–H groups in total. The van der Waals surface area contributed by atoms with Gasteiger partial charge >= 0.3 is 0 Å². The van der Waals surface area contributed by atoms with E-state index in [1.807, 2.05) is 5.43 Å². The predicted octanol–water partition coefficient (Wildman–Crippen LogP) is 2.03. The molecule has 0 saturated heterocycles. The topological polar surface area (TPSA) is 102 Å². The van der Waals surface area contributed by atoms with Crippen LogP contribution in [0.4, 0.5) is 5.69 Å². The van der Waals surface area contributed by atoms with Crippen LogP contribution >= 0.6 is 15.9 Å². The number of hydrazine groups is 1. The van der Waals surface area contributed by atoms with Gasteiger partial charge in [0.2, 0.25) is 0 Å². The lowest BCUT2D eigenvalue weighted by molar-refractivity contribution is -0.119. The molecule has 1 amide bonds. The van der Waals surface area contributed by atoms with Crippen LogP contribution in [0.2, 0.25) is 0 Å². The Morgan fingerprint density at radius 1 is 1.20 bits per heavy atom. The summed E-state index contributed by atoms with van der Waals surface area (Å²) in [5.74, 6) is 4.85. The number of benzene rings is 2. The summed E-state index contributed by atoms with van der Waals surface area (Å²) in [6, 6.07) is 12.7. The molecule has 0 bridgehead atoms. The van der Waals surface area contributed by atoms with Gasteiger partial charge in [-0.3, -0.25) is 14.5 Å². The first-order chi connectivity index (χ1) is 11.9. The van der Waals surface area contributed by atoms with E-state index in [-0.39, 0.29) is 10.6 Å². The molecular weight excluding hydrogens is 410 g/mol. The second-order valence-corrected chi connectivity index (χ2v) is 7.71. The Labute approximate surface area is 154 Å². The fraction of sp³-hybridized carbons (Fsp3) is 0.188. The highest BCUT2D eigenvalue weighted by atomic mass is 79.9. The van der Waals surface area contributed by atoms with Gasteiger partial charge in [0.05, 0.1) is 17.2 Å². The quantitative estimate of drug-likeness (QED) is 0.399. The van der Waals surface area contributed by atoms with Crippen molar-refractivity contribution in [1.29, 1.82) is 0 Å². The van der Waals surface area contributed by atoms with Gasteiger partial charge in [0.1, 0.15) is 12.3 Å². The Kier molecular flexibility index (Phi) is 6.40. The van der Waals surface area contributed by atoms with E-state index in [9.17, 15) is 13.2 Å². The number of rotatable bonds is 7. The highest BCUT2D eigenvalue weighted by Crippen LogP contribution is 2.32. The van der Waals surface area contributed by atoms with Gasteiger partial charge in [0.25, 0.3) is 15.9 Å². The third kappa shape index (κ3) is 4.50. The van der Waals surface area contributed by atoms with Gasteiger partial charge in [-0.1, -0.05) is 28.1 Å². The van der Waals surface area contributed by atoms with Gasteiger partial charge in [-0.15, -0.1) is 0 Å². The van der Waals surface area contributed by atoms with E-state index in [2.05, 4.69) is 15.9 Å². The zero-order chi connectivity index (χ0) is 18.4. The maximum Gasteiger partial charge on any atom is 0.264 e. The number of nitrogens with zero attached hydrogens (tertiary/aromatic N) is 1. The number of hydrogen-bond donors (Lipinski definition) is 2. The Hall–Kier alpha value is -2.10. The zero-order valence-corrected chi connectivity index (χ0v) is 15.9. The molecule has 2 aromatic rings. The number of hydrogen-bond acceptors (Lipinski definition) is 5. The van der Waals surface area contributed by atoms with E-state index >= 15 is 0 Å². The second-order valence-electron chi connectivity index (χ2n) is 4.93. The van der Waals surface area contributed by atoms with Crippen LogP contribution in [-0.2, 0) is 14.8 Å². The highest BCUT2D eigenvalue weighted by Gasteiger charge is 2.29. The maximum atomic E-state index is 13.1. The molecule has 0 aliphatic carbocycles. The summed E-state index contributed by atoms with van der Waals surface area (Å²) in [5.41, 5.74) is 2.22. The summed E-state index contributed by atoms with van der Waals surface area (Å²) in [4.78, 5) is 11.9. The number of amides is 1. The lowest BCUT2D eigenvalue weighted by Gasteiger charge is -2.25. The van der Waals surface area contributed by atoms with Crippen LogP contribution in [0.15, 0.2) is 57.9 Å². The van der Waals surface area contributed by atoms with Gasteiger partial charge in [-0.25, -0.2) is 14.3 Å². The third-order valence-corrected chi connectivity index (χ3v) is 5.59. The standard InChI is InChI=1S/C16H18BrN3O4S/c1-2-24-15-6-4-3-5-14(15)20(11-16(21)19-18)25(22,23)13-9-7-12(17)8-10-13/h3-10H,2,11,18H2,1H3,(H,19,21). The number of para-hydroxylation sites is 2. The first-order valence-corrected chi connectivity index (χ1v) is 9.63. The lowest BCUT2D eigenvalue weighted by Crippen LogP contribution is -2.43. The summed E-state index contributed by atoms with van der Waals surface area (Å²) in [7, 11) is -4.00. The molecule has 25 heavy (non-hydrogen) atoms. The number of nitrogens with two attached hydrogens (primary N) is 1. The van der Waals surface area contributed by atoms with Crippen LogP contribution in [0.5, 0.6) is 5.75 Å². The largest absolute Gasteiger partial charge is 0.492 e. The number of ether oxygens (including phenoxy) is 1. The van der Waals surface area contributed by atoms with Gasteiger partial charge in [-0.2, -0.15) is 0 Å². The number of sulfonamides is 1. The fourth-order valence-corrected chi connectivity index (χ4v) is 3.85. The average Bonchev–Trinajstić information content (AvgIpc) is 2.60. The van der Waals surface area contributed by atoms with Crippen molar-refractivity contribution in [3.8, 4) is 5.75 Å². The number of carbonyl (C=O) groups excluding carboxylic acids is 1. The Bertz CT molecular complexity index is 841. The molecule has 0 heterocycles. The van der Waals surface area contributed by atoms with Crippen LogP contribution in [0.25, 0.3) is 0 Å². The molecule has 2 rings (SSSR count). The monoisotopic (exact) mass is 427 g/mol. The summed E-state index contributed by atoms with van der Waals surface area (Å²) in [6.07, 6.45) is 0. The Morgan fingerprint density at radius 3 is 2.44 bits per heavy atom. The minimum absolute atomic E-state index is 0.0480. The molecule has 9 heteroatoms. The maximum absolute atomic E-state index is 13.1. The van der Waals surface area contributed by atoms with Gasteiger partial charge in [-0.05, 0) is 43.3 Å². The van der Waals surface area contributed by atoms with Crippen molar-refractivity contribution in [3.63, 3.8) is 0 Å². The molecule has 0 aliphatic rings. The first kappa shape index (κ1) is 19.2. The van der Waals surface area contributed by atoms with Crippen LogP contribution in [0.1, 0.15) is 6.92 Å². The van der Waals surface area contributed by atoms with Crippen molar-refractivity contribution in [3.05, 3.63) is 53.0 Å². The van der Waals surface area contributed by atoms with Gasteiger partial charge in [0.15, 0.2) is 0 Å². The SMILES string of the molecule is CCOc1ccccc1N(CC(=O)NN)S(=O)(=O)c1ccc(Br)cc1. The van der Waals surface area contributed by atoms with E-state index in [4.69, 9.17) is 10.6 Å². The molecule has 0 fully saturated rings. The van der Waals surface area contributed by atoms with E-state index < -0.39 is 22.5 Å². The van der Waals surface area contributed by atoms with Crippen molar-refractivity contribution < 1.29 is 17.9 Å². The van der Waals surface area contributed by atoms with Gasteiger partial charge in [0, 0.05) is 4.47 Å². The zero-order valence-electron chi connectivity index (χ0n) is 13.5. The minimum atomic E-state index is -4.00. The molecule has 2 aromatic carbocycles. The molecule has 0 spiro atoms. The highest BCUT2D eigenvalue weighted by molar-refractivity contribution is 9.10. The number of nitrogens with one attached hydrogen (secondary N) is 1. The molecule has 0 radical (unpaired) electrons. The third-order valence-electron chi connectivity index (χ3n) is 3.28. The average molecular weight is 428 g/mol. The smallest absolute Gasteiger partial charge is 0.264 e. The molecule has 0 saturated carbocycles. The Morgan fingerprint density at radius 2 is 1.84 bits per heavy atom. The molecule has 0 aliphatic heterocycles. The van der Waals surface area contributed by atoms with Crippen molar-refractivity contribution in [2.45, 2.75) is 11.8 Å². The van der Waals surface area contributed by atoms with Crippen LogP contribution in [-0.4, -0.2) is 27.5 Å². The Balaban J connectivity index is 2.56. The van der Waals surface area contributed by atoms with E-state index in [0.29, 0.717) is 12.4 Å². The molecule has 0 unspecified atom stereocenters. The van der Waals surface area contributed by atoms with Crippen LogP contribution < -0.4 is 20.3 Å². The van der Waals surface area contributed by atoms with Gasteiger partial charge < -0.3 is 4.74 Å².